The summed E-state index contributed by atoms with van der Waals surface area (Å²) in [4.78, 5) is 39.1. The van der Waals surface area contributed by atoms with E-state index in [2.05, 4.69) is 29.6 Å². The van der Waals surface area contributed by atoms with Crippen LogP contribution in [0.5, 0.6) is 0 Å². The first-order chi connectivity index (χ1) is 16.2. The van der Waals surface area contributed by atoms with Crippen molar-refractivity contribution >= 4 is 18.0 Å². The molecule has 7 nitrogen and oxygen atoms in total. The van der Waals surface area contributed by atoms with Gasteiger partial charge in [0, 0.05) is 18.5 Å². The Morgan fingerprint density at radius 1 is 1.06 bits per heavy atom. The number of rotatable bonds is 6. The maximum Gasteiger partial charge on any atom is 0.407 e. The second-order valence-corrected chi connectivity index (χ2v) is 10.2. The van der Waals surface area contributed by atoms with Crippen molar-refractivity contribution in [2.75, 3.05) is 13.2 Å². The van der Waals surface area contributed by atoms with E-state index < -0.39 is 23.5 Å². The van der Waals surface area contributed by atoms with Crippen LogP contribution in [0.15, 0.2) is 48.5 Å². The molecule has 1 unspecified atom stereocenters. The van der Waals surface area contributed by atoms with E-state index in [4.69, 9.17) is 4.74 Å². The van der Waals surface area contributed by atoms with Crippen LogP contribution in [0.25, 0.3) is 11.1 Å². The highest BCUT2D eigenvalue weighted by Gasteiger charge is 2.40. The molecule has 34 heavy (non-hydrogen) atoms. The molecule has 0 aromatic heterocycles. The Morgan fingerprint density at radius 3 is 2.21 bits per heavy atom. The molecule has 1 fully saturated rings. The van der Waals surface area contributed by atoms with Gasteiger partial charge in [0.2, 0.25) is 5.91 Å². The molecule has 180 valence electrons. The predicted octanol–water partition coefficient (Wildman–Crippen LogP) is 4.41. The van der Waals surface area contributed by atoms with Crippen molar-refractivity contribution in [3.05, 3.63) is 59.7 Å². The molecule has 1 aliphatic carbocycles. The number of aliphatic carboxylic acids is 1. The number of carbonyl (C=O) groups is 3. The Kier molecular flexibility index (Phi) is 6.64. The molecule has 2 aromatic rings. The molecule has 2 atom stereocenters. The van der Waals surface area contributed by atoms with Gasteiger partial charge in [-0.05, 0) is 40.5 Å². The van der Waals surface area contributed by atoms with E-state index in [0.717, 1.165) is 28.7 Å². The smallest absolute Gasteiger partial charge is 0.407 e. The topological polar surface area (TPSA) is 95.9 Å². The summed E-state index contributed by atoms with van der Waals surface area (Å²) in [5.74, 6) is -1.26. The maximum absolute atomic E-state index is 13.4. The highest BCUT2D eigenvalue weighted by molar-refractivity contribution is 5.87. The number of carboxylic acid groups (broad SMARTS) is 1. The van der Waals surface area contributed by atoms with Gasteiger partial charge in [0.05, 0.1) is 6.42 Å². The summed E-state index contributed by atoms with van der Waals surface area (Å²) in [5, 5.41) is 12.0. The van der Waals surface area contributed by atoms with Gasteiger partial charge in [-0.1, -0.05) is 69.3 Å². The Balaban J connectivity index is 1.45. The van der Waals surface area contributed by atoms with Crippen LogP contribution in [-0.4, -0.2) is 53.2 Å². The fraction of sp³-hybridized carbons (Fsp3) is 0.444. The van der Waals surface area contributed by atoms with E-state index in [1.54, 1.807) is 4.90 Å². The minimum absolute atomic E-state index is 0.0690. The standard InChI is InChI=1S/C27H32N2O5/c1-27(2,3)24(25(32)29-14-8-9-17(29)15-23(30)31)28-26(33)34-16-22-20-12-6-4-10-18(20)19-11-5-7-13-21(19)22/h4-7,10-13,17,22,24H,8-9,14-16H2,1-3H3,(H,28,33)(H,30,31)/t17?,24-/m1/s1. The van der Waals surface area contributed by atoms with Crippen molar-refractivity contribution < 1.29 is 24.2 Å². The van der Waals surface area contributed by atoms with E-state index in [0.29, 0.717) is 13.0 Å². The van der Waals surface area contributed by atoms with Crippen molar-refractivity contribution in [3.63, 3.8) is 0 Å². The number of nitrogens with one attached hydrogen (secondary N) is 1. The van der Waals surface area contributed by atoms with Gasteiger partial charge in [-0.15, -0.1) is 0 Å². The van der Waals surface area contributed by atoms with Gasteiger partial charge in [0.1, 0.15) is 12.6 Å². The lowest BCUT2D eigenvalue weighted by atomic mass is 9.85. The van der Waals surface area contributed by atoms with Crippen LogP contribution >= 0.6 is 0 Å². The van der Waals surface area contributed by atoms with Gasteiger partial charge in [-0.2, -0.15) is 0 Å². The molecule has 1 aliphatic heterocycles. The zero-order valence-corrected chi connectivity index (χ0v) is 19.9. The number of fused-ring (bicyclic) bond motifs is 3. The van der Waals surface area contributed by atoms with Gasteiger partial charge in [-0.25, -0.2) is 4.79 Å². The maximum atomic E-state index is 13.4. The van der Waals surface area contributed by atoms with Crippen LogP contribution in [0.4, 0.5) is 4.79 Å². The minimum Gasteiger partial charge on any atom is -0.481 e. The molecule has 0 bridgehead atoms. The molecule has 2 amide bonds. The van der Waals surface area contributed by atoms with E-state index in [9.17, 15) is 19.5 Å². The summed E-state index contributed by atoms with van der Waals surface area (Å²) in [7, 11) is 0. The fourth-order valence-electron chi connectivity index (χ4n) is 5.11. The van der Waals surface area contributed by atoms with E-state index in [1.807, 2.05) is 45.0 Å². The normalized spacial score (nSPS) is 18.2. The molecule has 2 N–H and O–H groups in total. The monoisotopic (exact) mass is 464 g/mol. The molecule has 2 aliphatic rings. The first-order valence-electron chi connectivity index (χ1n) is 11.8. The number of amides is 2. The minimum atomic E-state index is -0.929. The lowest BCUT2D eigenvalue weighted by molar-refractivity contribution is -0.141. The van der Waals surface area contributed by atoms with Crippen molar-refractivity contribution in [2.45, 2.75) is 58.0 Å². The number of hydrogen-bond donors (Lipinski definition) is 2. The third-order valence-electron chi connectivity index (χ3n) is 6.79. The number of alkyl carbamates (subject to hydrolysis) is 1. The van der Waals surface area contributed by atoms with Crippen molar-refractivity contribution in [1.82, 2.24) is 10.2 Å². The predicted molar refractivity (Wildman–Crippen MR) is 128 cm³/mol. The number of carboxylic acids is 1. The van der Waals surface area contributed by atoms with Gasteiger partial charge in [0.15, 0.2) is 0 Å². The van der Waals surface area contributed by atoms with Crippen LogP contribution in [0.3, 0.4) is 0 Å². The zero-order valence-electron chi connectivity index (χ0n) is 19.9. The Morgan fingerprint density at radius 2 is 1.65 bits per heavy atom. The average molecular weight is 465 g/mol. The van der Waals surface area contributed by atoms with Gasteiger partial charge in [-0.3, -0.25) is 9.59 Å². The number of carbonyl (C=O) groups excluding carboxylic acids is 2. The third-order valence-corrected chi connectivity index (χ3v) is 6.79. The van der Waals surface area contributed by atoms with E-state index >= 15 is 0 Å². The number of ether oxygens (including phenoxy) is 1. The summed E-state index contributed by atoms with van der Waals surface area (Å²) in [5.41, 5.74) is 3.96. The number of hydrogen-bond acceptors (Lipinski definition) is 4. The summed E-state index contributed by atoms with van der Waals surface area (Å²) < 4.78 is 5.65. The lowest BCUT2D eigenvalue weighted by Crippen LogP contribution is -2.56. The third kappa shape index (κ3) is 4.79. The highest BCUT2D eigenvalue weighted by atomic mass is 16.5. The van der Waals surface area contributed by atoms with Gasteiger partial charge >= 0.3 is 12.1 Å². The molecule has 2 aromatic carbocycles. The number of likely N-dealkylation sites (tertiary alicyclic amines) is 1. The summed E-state index contributed by atoms with van der Waals surface area (Å²) >= 11 is 0. The van der Waals surface area contributed by atoms with Crippen LogP contribution < -0.4 is 5.32 Å². The van der Waals surface area contributed by atoms with Crippen LogP contribution in [-0.2, 0) is 14.3 Å². The number of benzene rings is 2. The van der Waals surface area contributed by atoms with E-state index in [-0.39, 0.29) is 30.9 Å². The largest absolute Gasteiger partial charge is 0.481 e. The van der Waals surface area contributed by atoms with Crippen molar-refractivity contribution in [3.8, 4) is 11.1 Å². The molecular formula is C27H32N2O5. The summed E-state index contributed by atoms with van der Waals surface area (Å²) in [6.07, 6.45) is 0.669. The Hall–Kier alpha value is -3.35. The Bertz CT molecular complexity index is 1040. The molecule has 0 radical (unpaired) electrons. The summed E-state index contributed by atoms with van der Waals surface area (Å²) in [6, 6.07) is 15.1. The molecular weight excluding hydrogens is 432 g/mol. The van der Waals surface area contributed by atoms with E-state index in [1.165, 1.54) is 0 Å². The second-order valence-electron chi connectivity index (χ2n) is 10.2. The summed E-state index contributed by atoms with van der Waals surface area (Å²) in [6.45, 7) is 6.29. The highest BCUT2D eigenvalue weighted by Crippen LogP contribution is 2.44. The van der Waals surface area contributed by atoms with Crippen molar-refractivity contribution in [2.24, 2.45) is 5.41 Å². The zero-order chi connectivity index (χ0) is 24.5. The fourth-order valence-corrected chi connectivity index (χ4v) is 5.11. The molecule has 0 saturated carbocycles. The lowest BCUT2D eigenvalue weighted by Gasteiger charge is -2.35. The molecule has 1 saturated heterocycles. The van der Waals surface area contributed by atoms with Gasteiger partial charge < -0.3 is 20.1 Å². The second kappa shape index (κ2) is 9.49. The number of nitrogens with zero attached hydrogens (tertiary/aromatic N) is 1. The quantitative estimate of drug-likeness (QED) is 0.660. The molecule has 7 heteroatoms. The molecule has 1 heterocycles. The first kappa shape index (κ1) is 23.8. The molecule has 0 spiro atoms. The average Bonchev–Trinajstić information content (AvgIpc) is 3.37. The van der Waals surface area contributed by atoms with Crippen LogP contribution in [0.2, 0.25) is 0 Å². The molecule has 4 rings (SSSR count). The van der Waals surface area contributed by atoms with Crippen LogP contribution in [0.1, 0.15) is 57.1 Å². The Labute approximate surface area is 200 Å². The SMILES string of the molecule is CC(C)(C)[C@H](NC(=O)OCC1c2ccccc2-c2ccccc21)C(=O)N1CCCC1CC(=O)O. The van der Waals surface area contributed by atoms with Gasteiger partial charge in [0.25, 0.3) is 0 Å². The van der Waals surface area contributed by atoms with Crippen molar-refractivity contribution in [1.29, 1.82) is 0 Å². The first-order valence-corrected chi connectivity index (χ1v) is 11.8. The van der Waals surface area contributed by atoms with Crippen LogP contribution in [0, 0.1) is 5.41 Å².